The van der Waals surface area contributed by atoms with Gasteiger partial charge in [-0.1, -0.05) is 39.0 Å². The van der Waals surface area contributed by atoms with Crippen molar-refractivity contribution in [3.05, 3.63) is 48.5 Å². The molecule has 0 saturated carbocycles. The highest BCUT2D eigenvalue weighted by molar-refractivity contribution is 7.99. The first-order valence-corrected chi connectivity index (χ1v) is 9.96. The minimum atomic E-state index is -0.0961. The molecule has 3 rings (SSSR count). The van der Waals surface area contributed by atoms with E-state index in [1.165, 1.54) is 4.90 Å². The van der Waals surface area contributed by atoms with Crippen LogP contribution < -0.4 is 5.32 Å². The van der Waals surface area contributed by atoms with Gasteiger partial charge in [0.25, 0.3) is 0 Å². The van der Waals surface area contributed by atoms with Crippen LogP contribution in [0.15, 0.2) is 47.6 Å². The van der Waals surface area contributed by atoms with Gasteiger partial charge < -0.3 is 10.2 Å². The fourth-order valence-electron chi connectivity index (χ4n) is 2.87. The Kier molecular flexibility index (Phi) is 5.81. The smallest absolute Gasteiger partial charge is 0.321 e. The molecule has 1 N–H and O–H groups in total. The van der Waals surface area contributed by atoms with Crippen molar-refractivity contribution in [2.75, 3.05) is 24.2 Å². The first-order chi connectivity index (χ1) is 12.4. The molecule has 1 fully saturated rings. The fourth-order valence-corrected chi connectivity index (χ4v) is 3.92. The molecule has 2 amide bonds. The summed E-state index contributed by atoms with van der Waals surface area (Å²) in [6.07, 6.45) is 4.42. The van der Waals surface area contributed by atoms with Crippen LogP contribution in [0.1, 0.15) is 33.0 Å². The number of urea groups is 1. The third-order valence-corrected chi connectivity index (χ3v) is 5.62. The van der Waals surface area contributed by atoms with Crippen LogP contribution in [-0.4, -0.2) is 39.7 Å². The lowest BCUT2D eigenvalue weighted by Gasteiger charge is -2.19. The highest BCUT2D eigenvalue weighted by atomic mass is 32.2. The number of thioether (sulfide) groups is 1. The van der Waals surface area contributed by atoms with Crippen LogP contribution in [0.3, 0.4) is 0 Å². The first kappa shape index (κ1) is 18.7. The first-order valence-electron chi connectivity index (χ1n) is 8.98. The molecule has 1 aliphatic rings. The van der Waals surface area contributed by atoms with Crippen LogP contribution in [0.2, 0.25) is 0 Å². The zero-order valence-corrected chi connectivity index (χ0v) is 16.4. The number of carbonyl (C=O) groups is 1. The standard InChI is InChI=1S/C20H26N4OS/c1-20(2,3)18-21-11-16(12-22-18)23-19(25)24-10-9-15(13-24)14-26-17-7-5-4-6-8-17/h4-8,11-12,15H,9-10,13-14H2,1-3H3,(H,23,25)/t15-/m1/s1. The Hall–Kier alpha value is -2.08. The number of hydrogen-bond donors (Lipinski definition) is 1. The second kappa shape index (κ2) is 8.08. The number of hydrogen-bond acceptors (Lipinski definition) is 4. The van der Waals surface area contributed by atoms with Gasteiger partial charge in [0.15, 0.2) is 0 Å². The molecule has 138 valence electrons. The topological polar surface area (TPSA) is 58.1 Å². The monoisotopic (exact) mass is 370 g/mol. The Balaban J connectivity index is 1.48. The van der Waals surface area contributed by atoms with E-state index < -0.39 is 0 Å². The third kappa shape index (κ3) is 4.97. The number of carbonyl (C=O) groups excluding carboxylic acids is 1. The van der Waals surface area contributed by atoms with E-state index in [2.05, 4.69) is 60.3 Å². The molecular weight excluding hydrogens is 344 g/mol. The molecule has 5 nitrogen and oxygen atoms in total. The maximum Gasteiger partial charge on any atom is 0.321 e. The molecule has 2 heterocycles. The fraction of sp³-hybridized carbons (Fsp3) is 0.450. The number of anilines is 1. The average Bonchev–Trinajstić information content (AvgIpc) is 3.10. The predicted octanol–water partition coefficient (Wildman–Crippen LogP) is 4.42. The minimum Gasteiger partial charge on any atom is -0.324 e. The van der Waals surface area contributed by atoms with Gasteiger partial charge in [0.2, 0.25) is 0 Å². The largest absolute Gasteiger partial charge is 0.324 e. The van der Waals surface area contributed by atoms with Crippen LogP contribution in [0.5, 0.6) is 0 Å². The summed E-state index contributed by atoms with van der Waals surface area (Å²) in [5.74, 6) is 2.34. The average molecular weight is 371 g/mol. The molecule has 2 aromatic rings. The Morgan fingerprint density at radius 2 is 1.92 bits per heavy atom. The maximum atomic E-state index is 12.5. The van der Waals surface area contributed by atoms with Crippen molar-refractivity contribution < 1.29 is 4.79 Å². The molecule has 6 heteroatoms. The van der Waals surface area contributed by atoms with E-state index in [4.69, 9.17) is 0 Å². The van der Waals surface area contributed by atoms with Crippen molar-refractivity contribution in [1.29, 1.82) is 0 Å². The number of rotatable bonds is 4. The molecule has 0 bridgehead atoms. The van der Waals surface area contributed by atoms with E-state index in [1.807, 2.05) is 22.7 Å². The summed E-state index contributed by atoms with van der Waals surface area (Å²) in [6.45, 7) is 7.80. The zero-order chi connectivity index (χ0) is 18.6. The second-order valence-corrected chi connectivity index (χ2v) is 8.79. The Morgan fingerprint density at radius 1 is 1.23 bits per heavy atom. The number of nitrogens with one attached hydrogen (secondary N) is 1. The molecule has 26 heavy (non-hydrogen) atoms. The highest BCUT2D eigenvalue weighted by Crippen LogP contribution is 2.26. The Labute approximate surface area is 159 Å². The van der Waals surface area contributed by atoms with Gasteiger partial charge in [0.1, 0.15) is 5.82 Å². The molecule has 1 aromatic carbocycles. The summed E-state index contributed by atoms with van der Waals surface area (Å²) < 4.78 is 0. The molecule has 1 aromatic heterocycles. The predicted molar refractivity (Wildman–Crippen MR) is 107 cm³/mol. The second-order valence-electron chi connectivity index (χ2n) is 7.70. The van der Waals surface area contributed by atoms with Crippen LogP contribution in [0.25, 0.3) is 0 Å². The number of benzene rings is 1. The van der Waals surface area contributed by atoms with E-state index in [0.717, 1.165) is 31.1 Å². The lowest BCUT2D eigenvalue weighted by atomic mass is 9.96. The summed E-state index contributed by atoms with van der Waals surface area (Å²) >= 11 is 1.86. The molecule has 0 unspecified atom stereocenters. The van der Waals surface area contributed by atoms with Crippen LogP contribution >= 0.6 is 11.8 Å². The van der Waals surface area contributed by atoms with Crippen LogP contribution in [-0.2, 0) is 5.41 Å². The van der Waals surface area contributed by atoms with Crippen molar-refractivity contribution in [2.45, 2.75) is 37.5 Å². The van der Waals surface area contributed by atoms with Gasteiger partial charge in [-0.2, -0.15) is 0 Å². The lowest BCUT2D eigenvalue weighted by Crippen LogP contribution is -2.33. The summed E-state index contributed by atoms with van der Waals surface area (Å²) in [7, 11) is 0. The van der Waals surface area contributed by atoms with E-state index >= 15 is 0 Å². The summed E-state index contributed by atoms with van der Waals surface area (Å²) in [5, 5.41) is 2.91. The van der Waals surface area contributed by atoms with Gasteiger partial charge in [0.05, 0.1) is 18.1 Å². The molecule has 0 spiro atoms. The number of amides is 2. The number of aromatic nitrogens is 2. The molecular formula is C20H26N4OS. The van der Waals surface area contributed by atoms with Gasteiger partial charge in [-0.3, -0.25) is 0 Å². The summed E-state index contributed by atoms with van der Waals surface area (Å²) in [5.41, 5.74) is 0.548. The zero-order valence-electron chi connectivity index (χ0n) is 15.6. The summed E-state index contributed by atoms with van der Waals surface area (Å²) in [6, 6.07) is 10.3. The molecule has 1 saturated heterocycles. The van der Waals surface area contributed by atoms with Crippen molar-refractivity contribution in [1.82, 2.24) is 14.9 Å². The molecule has 1 aliphatic heterocycles. The van der Waals surface area contributed by atoms with E-state index in [-0.39, 0.29) is 11.4 Å². The highest BCUT2D eigenvalue weighted by Gasteiger charge is 2.26. The summed E-state index contributed by atoms with van der Waals surface area (Å²) in [4.78, 5) is 24.4. The number of nitrogens with zero attached hydrogens (tertiary/aromatic N) is 3. The lowest BCUT2D eigenvalue weighted by molar-refractivity contribution is 0.221. The van der Waals surface area contributed by atoms with E-state index in [9.17, 15) is 4.79 Å². The van der Waals surface area contributed by atoms with Crippen molar-refractivity contribution in [2.24, 2.45) is 5.92 Å². The number of likely N-dealkylation sites (tertiary alicyclic amines) is 1. The van der Waals surface area contributed by atoms with Gasteiger partial charge in [-0.15, -0.1) is 11.8 Å². The normalized spacial score (nSPS) is 17.3. The third-order valence-electron chi connectivity index (χ3n) is 4.38. The van der Waals surface area contributed by atoms with Crippen LogP contribution in [0, 0.1) is 5.92 Å². The van der Waals surface area contributed by atoms with Crippen molar-refractivity contribution in [3.8, 4) is 0 Å². The molecule has 0 radical (unpaired) electrons. The van der Waals surface area contributed by atoms with Gasteiger partial charge in [-0.25, -0.2) is 14.8 Å². The quantitative estimate of drug-likeness (QED) is 0.810. The van der Waals surface area contributed by atoms with Gasteiger partial charge in [0, 0.05) is 29.2 Å². The van der Waals surface area contributed by atoms with Gasteiger partial charge in [-0.05, 0) is 24.5 Å². The molecule has 0 aliphatic carbocycles. The van der Waals surface area contributed by atoms with Crippen molar-refractivity contribution >= 4 is 23.5 Å². The van der Waals surface area contributed by atoms with E-state index in [1.54, 1.807) is 12.4 Å². The molecule has 1 atom stereocenters. The Morgan fingerprint density at radius 3 is 2.58 bits per heavy atom. The van der Waals surface area contributed by atoms with Gasteiger partial charge >= 0.3 is 6.03 Å². The van der Waals surface area contributed by atoms with Crippen LogP contribution in [0.4, 0.5) is 10.5 Å². The Bertz CT molecular complexity index is 728. The maximum absolute atomic E-state index is 12.5. The minimum absolute atomic E-state index is 0.0654. The van der Waals surface area contributed by atoms with E-state index in [0.29, 0.717) is 11.6 Å². The SMILES string of the molecule is CC(C)(C)c1ncc(NC(=O)N2CC[C@@H](CSc3ccccc3)C2)cn1. The van der Waals surface area contributed by atoms with Crippen molar-refractivity contribution in [3.63, 3.8) is 0 Å².